The number of thiazole rings is 1. The molecule has 1 aliphatic carbocycles. The van der Waals surface area contributed by atoms with Gasteiger partial charge in [0, 0.05) is 34.6 Å². The molecular weight excluding hydrogens is 302 g/mol. The number of anilines is 1. The molecule has 0 bridgehead atoms. The standard InChI is InChI=1S/C19H21N3S/c1-13-18(23-12-21-13)10-11-20-19-14-6-2-4-8-16(14)22-17-9-5-3-7-15(17)19/h2,4,6,8,12H,3,5,7,9-11H2,1H3,(H,20,22). The van der Waals surface area contributed by atoms with Crippen molar-refractivity contribution in [2.75, 3.05) is 11.9 Å². The average molecular weight is 323 g/mol. The van der Waals surface area contributed by atoms with E-state index in [0.29, 0.717) is 0 Å². The van der Waals surface area contributed by atoms with Gasteiger partial charge < -0.3 is 5.32 Å². The van der Waals surface area contributed by atoms with Gasteiger partial charge >= 0.3 is 0 Å². The van der Waals surface area contributed by atoms with Crippen LogP contribution in [0.4, 0.5) is 5.69 Å². The lowest BCUT2D eigenvalue weighted by atomic mass is 9.92. The second kappa shape index (κ2) is 6.28. The van der Waals surface area contributed by atoms with Crippen molar-refractivity contribution < 1.29 is 0 Å². The van der Waals surface area contributed by atoms with Crippen LogP contribution >= 0.6 is 11.3 Å². The summed E-state index contributed by atoms with van der Waals surface area (Å²) in [6, 6.07) is 8.51. The zero-order chi connectivity index (χ0) is 15.6. The van der Waals surface area contributed by atoms with Gasteiger partial charge in [-0.25, -0.2) is 4.98 Å². The van der Waals surface area contributed by atoms with Crippen molar-refractivity contribution in [1.29, 1.82) is 0 Å². The lowest BCUT2D eigenvalue weighted by Crippen LogP contribution is -2.13. The lowest BCUT2D eigenvalue weighted by Gasteiger charge is -2.21. The van der Waals surface area contributed by atoms with Gasteiger partial charge in [0.15, 0.2) is 0 Å². The smallest absolute Gasteiger partial charge is 0.0797 e. The van der Waals surface area contributed by atoms with Crippen LogP contribution in [0.3, 0.4) is 0 Å². The van der Waals surface area contributed by atoms with Gasteiger partial charge in [-0.2, -0.15) is 0 Å². The third kappa shape index (κ3) is 2.83. The Morgan fingerprint density at radius 2 is 2.04 bits per heavy atom. The van der Waals surface area contributed by atoms with Crippen LogP contribution in [0.2, 0.25) is 0 Å². The van der Waals surface area contributed by atoms with Gasteiger partial charge in [-0.3, -0.25) is 4.98 Å². The molecule has 4 heteroatoms. The maximum atomic E-state index is 4.90. The molecule has 0 spiro atoms. The first-order valence-corrected chi connectivity index (χ1v) is 9.24. The van der Waals surface area contributed by atoms with E-state index in [1.54, 1.807) is 11.3 Å². The monoisotopic (exact) mass is 323 g/mol. The fraction of sp³-hybridized carbons (Fsp3) is 0.368. The Labute approximate surface area is 140 Å². The fourth-order valence-corrected chi connectivity index (χ4v) is 4.22. The molecule has 0 saturated heterocycles. The third-order valence-electron chi connectivity index (χ3n) is 4.67. The molecule has 1 aromatic carbocycles. The predicted molar refractivity (Wildman–Crippen MR) is 97.4 cm³/mol. The number of pyridine rings is 1. The van der Waals surface area contributed by atoms with E-state index in [9.17, 15) is 0 Å². The van der Waals surface area contributed by atoms with E-state index in [1.807, 2.05) is 5.51 Å². The first kappa shape index (κ1) is 14.6. The molecule has 4 rings (SSSR count). The van der Waals surface area contributed by atoms with Crippen molar-refractivity contribution >= 4 is 27.9 Å². The molecule has 2 heterocycles. The summed E-state index contributed by atoms with van der Waals surface area (Å²) in [6.07, 6.45) is 5.83. The van der Waals surface area contributed by atoms with Crippen molar-refractivity contribution in [3.8, 4) is 0 Å². The first-order valence-electron chi connectivity index (χ1n) is 8.36. The van der Waals surface area contributed by atoms with E-state index in [4.69, 9.17) is 4.98 Å². The number of aromatic nitrogens is 2. The highest BCUT2D eigenvalue weighted by molar-refractivity contribution is 7.09. The van der Waals surface area contributed by atoms with Crippen molar-refractivity contribution in [1.82, 2.24) is 9.97 Å². The number of nitrogens with one attached hydrogen (secondary N) is 1. The number of hydrogen-bond donors (Lipinski definition) is 1. The Morgan fingerprint density at radius 1 is 1.17 bits per heavy atom. The first-order chi connectivity index (χ1) is 11.3. The van der Waals surface area contributed by atoms with Crippen LogP contribution in [0.1, 0.15) is 34.7 Å². The van der Waals surface area contributed by atoms with Crippen molar-refractivity contribution in [3.63, 3.8) is 0 Å². The molecule has 118 valence electrons. The second-order valence-corrected chi connectivity index (χ2v) is 7.11. The second-order valence-electron chi connectivity index (χ2n) is 6.17. The summed E-state index contributed by atoms with van der Waals surface area (Å²) in [6.45, 7) is 3.04. The SMILES string of the molecule is Cc1ncsc1CCNc1c2c(nc3ccccc13)CCCC2. The van der Waals surface area contributed by atoms with Gasteiger partial charge in [0.25, 0.3) is 0 Å². The van der Waals surface area contributed by atoms with Crippen molar-refractivity contribution in [2.24, 2.45) is 0 Å². The van der Waals surface area contributed by atoms with Gasteiger partial charge in [-0.15, -0.1) is 11.3 Å². The van der Waals surface area contributed by atoms with E-state index in [-0.39, 0.29) is 0 Å². The van der Waals surface area contributed by atoms with Crippen molar-refractivity contribution in [2.45, 2.75) is 39.0 Å². The number of fused-ring (bicyclic) bond motifs is 2. The molecule has 2 aromatic heterocycles. The molecule has 3 nitrogen and oxygen atoms in total. The van der Waals surface area contributed by atoms with Crippen LogP contribution in [-0.4, -0.2) is 16.5 Å². The zero-order valence-corrected chi connectivity index (χ0v) is 14.2. The maximum absolute atomic E-state index is 4.90. The number of aryl methyl sites for hydroxylation is 2. The summed E-state index contributed by atoms with van der Waals surface area (Å²) >= 11 is 1.75. The Bertz CT molecular complexity index is 838. The summed E-state index contributed by atoms with van der Waals surface area (Å²) < 4.78 is 0. The Balaban J connectivity index is 1.66. The van der Waals surface area contributed by atoms with Gasteiger partial charge in [-0.1, -0.05) is 18.2 Å². The van der Waals surface area contributed by atoms with E-state index in [2.05, 4.69) is 41.5 Å². The van der Waals surface area contributed by atoms with Gasteiger partial charge in [0.05, 0.1) is 16.7 Å². The maximum Gasteiger partial charge on any atom is 0.0797 e. The van der Waals surface area contributed by atoms with E-state index in [0.717, 1.165) is 31.3 Å². The zero-order valence-electron chi connectivity index (χ0n) is 13.4. The summed E-state index contributed by atoms with van der Waals surface area (Å²) in [5.41, 5.74) is 8.27. The number of nitrogens with zero attached hydrogens (tertiary/aromatic N) is 2. The van der Waals surface area contributed by atoms with Crippen LogP contribution < -0.4 is 5.32 Å². The van der Waals surface area contributed by atoms with E-state index < -0.39 is 0 Å². The Kier molecular flexibility index (Phi) is 4.00. The quantitative estimate of drug-likeness (QED) is 0.766. The van der Waals surface area contributed by atoms with Crippen LogP contribution in [-0.2, 0) is 19.3 Å². The van der Waals surface area contributed by atoms with Gasteiger partial charge in [0.2, 0.25) is 0 Å². The molecule has 0 radical (unpaired) electrons. The number of rotatable bonds is 4. The highest BCUT2D eigenvalue weighted by Gasteiger charge is 2.17. The molecule has 1 N–H and O–H groups in total. The van der Waals surface area contributed by atoms with Crippen molar-refractivity contribution in [3.05, 3.63) is 51.6 Å². The summed E-state index contributed by atoms with van der Waals surface area (Å²) in [4.78, 5) is 10.6. The highest BCUT2D eigenvalue weighted by atomic mass is 32.1. The third-order valence-corrected chi connectivity index (χ3v) is 5.66. The minimum absolute atomic E-state index is 0.948. The molecule has 3 aromatic rings. The van der Waals surface area contributed by atoms with Crippen LogP contribution in [0.15, 0.2) is 29.8 Å². The molecule has 0 unspecified atom stereocenters. The summed E-state index contributed by atoms with van der Waals surface area (Å²) in [5.74, 6) is 0. The molecule has 0 atom stereocenters. The fourth-order valence-electron chi connectivity index (χ4n) is 3.44. The largest absolute Gasteiger partial charge is 0.384 e. The predicted octanol–water partition coefficient (Wildman–Crippen LogP) is 4.53. The highest BCUT2D eigenvalue weighted by Crippen LogP contribution is 2.33. The lowest BCUT2D eigenvalue weighted by molar-refractivity contribution is 0.672. The minimum atomic E-state index is 0.948. The number of para-hydroxylation sites is 1. The van der Waals surface area contributed by atoms with E-state index in [1.165, 1.54) is 45.7 Å². The Morgan fingerprint density at radius 3 is 2.91 bits per heavy atom. The number of hydrogen-bond acceptors (Lipinski definition) is 4. The molecule has 23 heavy (non-hydrogen) atoms. The molecule has 0 aliphatic heterocycles. The summed E-state index contributed by atoms with van der Waals surface area (Å²) in [7, 11) is 0. The van der Waals surface area contributed by atoms with Crippen LogP contribution in [0, 0.1) is 6.92 Å². The number of benzene rings is 1. The molecule has 1 aliphatic rings. The topological polar surface area (TPSA) is 37.8 Å². The Hall–Kier alpha value is -1.94. The molecule has 0 amide bonds. The normalized spacial score (nSPS) is 14.0. The van der Waals surface area contributed by atoms with Gasteiger partial charge in [-0.05, 0) is 44.2 Å². The van der Waals surface area contributed by atoms with Crippen LogP contribution in [0.25, 0.3) is 10.9 Å². The van der Waals surface area contributed by atoms with Gasteiger partial charge in [0.1, 0.15) is 0 Å². The van der Waals surface area contributed by atoms with E-state index >= 15 is 0 Å². The minimum Gasteiger partial charge on any atom is -0.384 e. The molecular formula is C19H21N3S. The average Bonchev–Trinajstić information content (AvgIpc) is 2.99. The molecule has 0 saturated carbocycles. The van der Waals surface area contributed by atoms with Crippen LogP contribution in [0.5, 0.6) is 0 Å². The molecule has 0 fully saturated rings. The summed E-state index contributed by atoms with van der Waals surface area (Å²) in [5, 5.41) is 4.98.